The van der Waals surface area contributed by atoms with Gasteiger partial charge in [0.1, 0.15) is 17.2 Å². The second-order valence-electron chi connectivity index (χ2n) is 7.36. The zero-order chi connectivity index (χ0) is 19.4. The molecule has 0 saturated heterocycles. The van der Waals surface area contributed by atoms with Crippen LogP contribution in [0, 0.1) is 0 Å². The highest BCUT2D eigenvalue weighted by molar-refractivity contribution is 5.41. The maximum absolute atomic E-state index is 10.4. The van der Waals surface area contributed by atoms with Gasteiger partial charge >= 0.3 is 0 Å². The fraction of sp³-hybridized carbons (Fsp3) is 0.250. The third-order valence-electron chi connectivity index (χ3n) is 5.11. The largest absolute Gasteiger partial charge is 0.508 e. The summed E-state index contributed by atoms with van der Waals surface area (Å²) < 4.78 is 0. The number of benzene rings is 3. The molecule has 0 aliphatic heterocycles. The first-order valence-corrected chi connectivity index (χ1v) is 9.31. The molecule has 2 atom stereocenters. The molecular weight excluding hydrogens is 336 g/mol. The predicted molar refractivity (Wildman–Crippen MR) is 109 cm³/mol. The molecule has 0 aliphatic carbocycles. The third kappa shape index (κ3) is 4.82. The van der Waals surface area contributed by atoms with Crippen LogP contribution in [0.15, 0.2) is 66.7 Å². The van der Waals surface area contributed by atoms with Crippen LogP contribution in [-0.2, 0) is 12.8 Å². The quantitative estimate of drug-likeness (QED) is 0.543. The van der Waals surface area contributed by atoms with E-state index in [0.29, 0.717) is 11.7 Å². The van der Waals surface area contributed by atoms with Gasteiger partial charge in [0.2, 0.25) is 0 Å². The highest BCUT2D eigenvalue weighted by atomic mass is 16.3. The van der Waals surface area contributed by atoms with E-state index in [0.717, 1.165) is 24.0 Å². The van der Waals surface area contributed by atoms with Crippen LogP contribution in [0.1, 0.15) is 47.9 Å². The molecule has 0 aromatic heterocycles. The molecule has 3 N–H and O–H groups in total. The molecule has 0 radical (unpaired) electrons. The number of hydrogen-bond acceptors (Lipinski definition) is 3. The Morgan fingerprint density at radius 3 is 1.63 bits per heavy atom. The van der Waals surface area contributed by atoms with Gasteiger partial charge in [-0.2, -0.15) is 0 Å². The lowest BCUT2D eigenvalue weighted by atomic mass is 9.87. The first-order valence-electron chi connectivity index (χ1n) is 9.31. The minimum absolute atomic E-state index is 0.162. The Hall–Kier alpha value is -2.94. The Labute approximate surface area is 160 Å². The third-order valence-corrected chi connectivity index (χ3v) is 5.11. The summed E-state index contributed by atoms with van der Waals surface area (Å²) in [4.78, 5) is 0. The van der Waals surface area contributed by atoms with Crippen molar-refractivity contribution in [2.75, 3.05) is 0 Å². The highest BCUT2D eigenvalue weighted by Crippen LogP contribution is 2.32. The van der Waals surface area contributed by atoms with Crippen LogP contribution >= 0.6 is 0 Å². The van der Waals surface area contributed by atoms with Crippen molar-refractivity contribution in [1.29, 1.82) is 0 Å². The number of rotatable bonds is 6. The number of hydrogen-bond donors (Lipinski definition) is 3. The van der Waals surface area contributed by atoms with E-state index in [4.69, 9.17) is 0 Å². The second kappa shape index (κ2) is 8.17. The monoisotopic (exact) mass is 362 g/mol. The summed E-state index contributed by atoms with van der Waals surface area (Å²) in [5, 5.41) is 29.2. The van der Waals surface area contributed by atoms with Crippen molar-refractivity contribution in [3.63, 3.8) is 0 Å². The normalized spacial score (nSPS) is 13.3. The molecule has 0 spiro atoms. The van der Waals surface area contributed by atoms with Crippen molar-refractivity contribution >= 4 is 0 Å². The highest BCUT2D eigenvalue weighted by Gasteiger charge is 2.15. The van der Waals surface area contributed by atoms with E-state index in [9.17, 15) is 15.3 Å². The molecule has 0 fully saturated rings. The maximum atomic E-state index is 10.4. The molecular formula is C24H26O3. The summed E-state index contributed by atoms with van der Waals surface area (Å²) in [5.41, 5.74) is 4.43. The fourth-order valence-corrected chi connectivity index (χ4v) is 3.47. The van der Waals surface area contributed by atoms with Crippen LogP contribution in [0.3, 0.4) is 0 Å². The van der Waals surface area contributed by atoms with Gasteiger partial charge in [0.05, 0.1) is 0 Å². The second-order valence-corrected chi connectivity index (χ2v) is 7.36. The van der Waals surface area contributed by atoms with Crippen molar-refractivity contribution in [3.8, 4) is 17.2 Å². The van der Waals surface area contributed by atoms with Crippen LogP contribution in [-0.4, -0.2) is 15.3 Å². The van der Waals surface area contributed by atoms with Crippen LogP contribution in [0.5, 0.6) is 17.2 Å². The minimum Gasteiger partial charge on any atom is -0.508 e. The fourth-order valence-electron chi connectivity index (χ4n) is 3.47. The molecule has 0 bridgehead atoms. The lowest BCUT2D eigenvalue weighted by Gasteiger charge is -2.18. The molecule has 0 heterocycles. The molecule has 2 unspecified atom stereocenters. The molecule has 3 nitrogen and oxygen atoms in total. The summed E-state index contributed by atoms with van der Waals surface area (Å²) in [6, 6.07) is 20.4. The molecule has 3 aromatic carbocycles. The van der Waals surface area contributed by atoms with E-state index in [1.807, 2.05) is 30.3 Å². The number of phenols is 3. The molecule has 0 aliphatic rings. The van der Waals surface area contributed by atoms with Gasteiger partial charge in [-0.25, -0.2) is 0 Å². The van der Waals surface area contributed by atoms with Gasteiger partial charge in [-0.05, 0) is 77.3 Å². The average Bonchev–Trinajstić information content (AvgIpc) is 2.65. The summed E-state index contributed by atoms with van der Waals surface area (Å²) in [6.45, 7) is 4.28. The van der Waals surface area contributed by atoms with Gasteiger partial charge < -0.3 is 15.3 Å². The van der Waals surface area contributed by atoms with Gasteiger partial charge in [0.15, 0.2) is 0 Å². The SMILES string of the molecule is CC(Cc1ccc(O)cc1)c1ccc(O)c(C(C)Cc2ccc(O)cc2)c1. The van der Waals surface area contributed by atoms with Gasteiger partial charge in [-0.15, -0.1) is 0 Å². The summed E-state index contributed by atoms with van der Waals surface area (Å²) in [7, 11) is 0. The lowest BCUT2D eigenvalue weighted by Crippen LogP contribution is -2.03. The van der Waals surface area contributed by atoms with Gasteiger partial charge in [-0.3, -0.25) is 0 Å². The van der Waals surface area contributed by atoms with Gasteiger partial charge in [-0.1, -0.05) is 50.2 Å². The van der Waals surface area contributed by atoms with Crippen LogP contribution < -0.4 is 0 Å². The Bertz CT molecular complexity index is 883. The van der Waals surface area contributed by atoms with E-state index in [2.05, 4.69) is 19.9 Å². The topological polar surface area (TPSA) is 60.7 Å². The van der Waals surface area contributed by atoms with Crippen molar-refractivity contribution in [1.82, 2.24) is 0 Å². The Balaban J connectivity index is 1.76. The minimum atomic E-state index is 0.162. The summed E-state index contributed by atoms with van der Waals surface area (Å²) >= 11 is 0. The molecule has 0 amide bonds. The smallest absolute Gasteiger partial charge is 0.119 e. The Morgan fingerprint density at radius 1 is 0.630 bits per heavy atom. The van der Waals surface area contributed by atoms with Crippen molar-refractivity contribution < 1.29 is 15.3 Å². The summed E-state index contributed by atoms with van der Waals surface area (Å²) in [6.07, 6.45) is 1.67. The van der Waals surface area contributed by atoms with E-state index >= 15 is 0 Å². The van der Waals surface area contributed by atoms with Gasteiger partial charge in [0.25, 0.3) is 0 Å². The van der Waals surface area contributed by atoms with Crippen LogP contribution in [0.4, 0.5) is 0 Å². The first-order chi connectivity index (χ1) is 12.9. The summed E-state index contributed by atoms with van der Waals surface area (Å²) in [5.74, 6) is 1.33. The number of phenolic OH excluding ortho intramolecular Hbond substituents is 3. The van der Waals surface area contributed by atoms with E-state index < -0.39 is 0 Å². The molecule has 3 rings (SSSR count). The van der Waals surface area contributed by atoms with Gasteiger partial charge in [0, 0.05) is 0 Å². The van der Waals surface area contributed by atoms with E-state index in [1.165, 1.54) is 11.1 Å². The van der Waals surface area contributed by atoms with E-state index in [-0.39, 0.29) is 17.4 Å². The molecule has 3 heteroatoms. The molecule has 140 valence electrons. The Morgan fingerprint density at radius 2 is 1.11 bits per heavy atom. The maximum Gasteiger partial charge on any atom is 0.119 e. The first kappa shape index (κ1) is 18.8. The number of aromatic hydroxyl groups is 3. The lowest BCUT2D eigenvalue weighted by molar-refractivity contribution is 0.461. The molecule has 3 aromatic rings. The predicted octanol–water partition coefficient (Wildman–Crippen LogP) is 5.50. The standard InChI is InChI=1S/C24H26O3/c1-16(13-18-3-8-21(25)9-4-18)20-7-12-24(27)23(15-20)17(2)14-19-5-10-22(26)11-6-19/h3-12,15-17,25-27H,13-14H2,1-2H3. The van der Waals surface area contributed by atoms with Crippen LogP contribution in [0.25, 0.3) is 0 Å². The van der Waals surface area contributed by atoms with Crippen molar-refractivity contribution in [2.24, 2.45) is 0 Å². The van der Waals surface area contributed by atoms with Crippen molar-refractivity contribution in [2.45, 2.75) is 38.5 Å². The zero-order valence-electron chi connectivity index (χ0n) is 15.8. The Kier molecular flexibility index (Phi) is 5.70. The molecule has 27 heavy (non-hydrogen) atoms. The molecule has 0 saturated carbocycles. The van der Waals surface area contributed by atoms with E-state index in [1.54, 1.807) is 30.3 Å². The van der Waals surface area contributed by atoms with Crippen LogP contribution in [0.2, 0.25) is 0 Å². The zero-order valence-corrected chi connectivity index (χ0v) is 15.8. The van der Waals surface area contributed by atoms with Crippen molar-refractivity contribution in [3.05, 3.63) is 89.0 Å². The average molecular weight is 362 g/mol.